The van der Waals surface area contributed by atoms with Crippen molar-refractivity contribution >= 4 is 5.91 Å². The van der Waals surface area contributed by atoms with Crippen LogP contribution in [0.1, 0.15) is 36.2 Å². The third kappa shape index (κ3) is 3.50. The number of aryl methyl sites for hydroxylation is 1. The first kappa shape index (κ1) is 14.7. The maximum atomic E-state index is 12.2. The number of carbonyl (C=O) groups is 1. The molecular formula is C16H21N5O. The van der Waals surface area contributed by atoms with Crippen LogP contribution in [0, 0.1) is 6.92 Å². The van der Waals surface area contributed by atoms with Crippen LogP contribution in [0.5, 0.6) is 0 Å². The second-order valence-electron chi connectivity index (χ2n) is 5.78. The molecule has 1 fully saturated rings. The topological polar surface area (TPSA) is 63.9 Å². The minimum atomic E-state index is 0.0829. The highest BCUT2D eigenvalue weighted by molar-refractivity contribution is 5.75. The summed E-state index contributed by atoms with van der Waals surface area (Å²) in [5.74, 6) is 0.736. The van der Waals surface area contributed by atoms with Crippen molar-refractivity contribution in [2.45, 2.75) is 39.2 Å². The Hall–Kier alpha value is -2.24. The summed E-state index contributed by atoms with van der Waals surface area (Å²) in [5, 5.41) is 12.4. The summed E-state index contributed by atoms with van der Waals surface area (Å²) in [6, 6.07) is 8.15. The van der Waals surface area contributed by atoms with Crippen LogP contribution in [0.25, 0.3) is 0 Å². The normalized spacial score (nSPS) is 15.0. The minimum absolute atomic E-state index is 0.0829. The quantitative estimate of drug-likeness (QED) is 0.860. The zero-order chi connectivity index (χ0) is 15.4. The first-order valence-corrected chi connectivity index (χ1v) is 7.81. The SMILES string of the molecule is Cc1ccccc1Cc1nnn(CC(=O)N2CCCCC2)n1. The van der Waals surface area contributed by atoms with Gasteiger partial charge in [0.25, 0.3) is 0 Å². The summed E-state index contributed by atoms with van der Waals surface area (Å²) in [5.41, 5.74) is 2.40. The van der Waals surface area contributed by atoms with Gasteiger partial charge in [-0.2, -0.15) is 4.80 Å². The second-order valence-corrected chi connectivity index (χ2v) is 5.78. The first-order chi connectivity index (χ1) is 10.7. The number of hydrogen-bond acceptors (Lipinski definition) is 4. The molecule has 0 aliphatic carbocycles. The van der Waals surface area contributed by atoms with E-state index in [1.165, 1.54) is 22.3 Å². The van der Waals surface area contributed by atoms with Gasteiger partial charge in [0.15, 0.2) is 5.82 Å². The van der Waals surface area contributed by atoms with Crippen molar-refractivity contribution in [2.75, 3.05) is 13.1 Å². The Morgan fingerprint density at radius 1 is 1.18 bits per heavy atom. The van der Waals surface area contributed by atoms with Crippen molar-refractivity contribution in [3.63, 3.8) is 0 Å². The van der Waals surface area contributed by atoms with Crippen molar-refractivity contribution in [1.82, 2.24) is 25.1 Å². The van der Waals surface area contributed by atoms with E-state index in [1.807, 2.05) is 17.0 Å². The molecule has 0 N–H and O–H groups in total. The van der Waals surface area contributed by atoms with Gasteiger partial charge in [-0.1, -0.05) is 24.3 Å². The zero-order valence-electron chi connectivity index (χ0n) is 12.9. The number of carbonyl (C=O) groups excluding carboxylic acids is 1. The number of benzene rings is 1. The zero-order valence-corrected chi connectivity index (χ0v) is 12.9. The summed E-state index contributed by atoms with van der Waals surface area (Å²) in [6.45, 7) is 3.95. The predicted molar refractivity (Wildman–Crippen MR) is 82.2 cm³/mol. The molecule has 1 aliphatic rings. The van der Waals surface area contributed by atoms with Crippen LogP contribution in [-0.2, 0) is 17.8 Å². The Labute approximate surface area is 130 Å². The summed E-state index contributed by atoms with van der Waals surface area (Å²) in [7, 11) is 0. The van der Waals surface area contributed by atoms with Crippen molar-refractivity contribution < 1.29 is 4.79 Å². The molecule has 22 heavy (non-hydrogen) atoms. The number of likely N-dealkylation sites (tertiary alicyclic amines) is 1. The van der Waals surface area contributed by atoms with Crippen molar-refractivity contribution in [1.29, 1.82) is 0 Å². The number of tetrazole rings is 1. The molecule has 116 valence electrons. The fourth-order valence-electron chi connectivity index (χ4n) is 2.76. The Morgan fingerprint density at radius 3 is 2.73 bits per heavy atom. The smallest absolute Gasteiger partial charge is 0.246 e. The van der Waals surface area contributed by atoms with Crippen molar-refractivity contribution in [2.24, 2.45) is 0 Å². The summed E-state index contributed by atoms with van der Waals surface area (Å²) < 4.78 is 0. The largest absolute Gasteiger partial charge is 0.341 e. The highest BCUT2D eigenvalue weighted by Gasteiger charge is 2.18. The van der Waals surface area contributed by atoms with Gasteiger partial charge < -0.3 is 4.90 Å². The molecule has 1 aromatic carbocycles. The molecule has 3 rings (SSSR count). The number of rotatable bonds is 4. The van der Waals surface area contributed by atoms with Gasteiger partial charge in [-0.3, -0.25) is 4.79 Å². The molecule has 6 nitrogen and oxygen atoms in total. The average molecular weight is 299 g/mol. The van der Waals surface area contributed by atoms with Crippen LogP contribution in [0.3, 0.4) is 0 Å². The van der Waals surface area contributed by atoms with Gasteiger partial charge >= 0.3 is 0 Å². The first-order valence-electron chi connectivity index (χ1n) is 7.81. The van der Waals surface area contributed by atoms with Crippen LogP contribution in [0.15, 0.2) is 24.3 Å². The van der Waals surface area contributed by atoms with Gasteiger partial charge in [0.1, 0.15) is 6.54 Å². The second kappa shape index (κ2) is 6.68. The van der Waals surface area contributed by atoms with Gasteiger partial charge in [0.2, 0.25) is 5.91 Å². The van der Waals surface area contributed by atoms with E-state index in [-0.39, 0.29) is 12.5 Å². The van der Waals surface area contributed by atoms with E-state index >= 15 is 0 Å². The van der Waals surface area contributed by atoms with Crippen LogP contribution < -0.4 is 0 Å². The van der Waals surface area contributed by atoms with Crippen molar-refractivity contribution in [3.8, 4) is 0 Å². The van der Waals surface area contributed by atoms with Crippen molar-refractivity contribution in [3.05, 3.63) is 41.2 Å². The molecular weight excluding hydrogens is 278 g/mol. The van der Waals surface area contributed by atoms with E-state index in [1.54, 1.807) is 0 Å². The van der Waals surface area contributed by atoms with E-state index in [9.17, 15) is 4.79 Å². The Kier molecular flexibility index (Phi) is 4.46. The summed E-state index contributed by atoms with van der Waals surface area (Å²) in [6.07, 6.45) is 4.04. The molecule has 6 heteroatoms. The van der Waals surface area contributed by atoms with Crippen LogP contribution in [0.4, 0.5) is 0 Å². The number of amides is 1. The van der Waals surface area contributed by atoms with Gasteiger partial charge in [-0.25, -0.2) is 0 Å². The van der Waals surface area contributed by atoms with E-state index in [0.29, 0.717) is 12.2 Å². The molecule has 0 radical (unpaired) electrons. The van der Waals surface area contributed by atoms with Crippen LogP contribution in [0.2, 0.25) is 0 Å². The van der Waals surface area contributed by atoms with Gasteiger partial charge in [0.05, 0.1) is 0 Å². The summed E-state index contributed by atoms with van der Waals surface area (Å²) in [4.78, 5) is 15.5. The van der Waals surface area contributed by atoms with E-state index in [4.69, 9.17) is 0 Å². The highest BCUT2D eigenvalue weighted by atomic mass is 16.2. The number of piperidine rings is 1. The fourth-order valence-corrected chi connectivity index (χ4v) is 2.76. The predicted octanol–water partition coefficient (Wildman–Crippen LogP) is 1.58. The van der Waals surface area contributed by atoms with E-state index in [0.717, 1.165) is 25.9 Å². The monoisotopic (exact) mass is 299 g/mol. The average Bonchev–Trinajstić information content (AvgIpc) is 2.97. The molecule has 2 heterocycles. The number of aromatic nitrogens is 4. The lowest BCUT2D eigenvalue weighted by atomic mass is 10.1. The standard InChI is InChI=1S/C16H21N5O/c1-13-7-3-4-8-14(13)11-15-17-19-21(18-15)12-16(22)20-9-5-2-6-10-20/h3-4,7-8H,2,5-6,9-12H2,1H3. The van der Waals surface area contributed by atoms with E-state index in [2.05, 4.69) is 34.5 Å². The minimum Gasteiger partial charge on any atom is -0.341 e. The molecule has 1 aromatic heterocycles. The molecule has 1 amide bonds. The Balaban J connectivity index is 1.61. The third-order valence-electron chi connectivity index (χ3n) is 4.09. The molecule has 0 bridgehead atoms. The maximum absolute atomic E-state index is 12.2. The lowest BCUT2D eigenvalue weighted by Gasteiger charge is -2.26. The van der Waals surface area contributed by atoms with E-state index < -0.39 is 0 Å². The molecule has 2 aromatic rings. The molecule has 0 saturated carbocycles. The lowest BCUT2D eigenvalue weighted by molar-refractivity contribution is -0.133. The summed E-state index contributed by atoms with van der Waals surface area (Å²) >= 11 is 0. The number of nitrogens with zero attached hydrogens (tertiary/aromatic N) is 5. The number of hydrogen-bond donors (Lipinski definition) is 0. The Morgan fingerprint density at radius 2 is 1.95 bits per heavy atom. The molecule has 1 saturated heterocycles. The van der Waals surface area contributed by atoms with Gasteiger partial charge in [0, 0.05) is 19.5 Å². The molecule has 1 aliphatic heterocycles. The molecule has 0 spiro atoms. The lowest BCUT2D eigenvalue weighted by Crippen LogP contribution is -2.38. The third-order valence-corrected chi connectivity index (χ3v) is 4.09. The van der Waals surface area contributed by atoms with Crippen LogP contribution in [-0.4, -0.2) is 44.1 Å². The fraction of sp³-hybridized carbons (Fsp3) is 0.500. The van der Waals surface area contributed by atoms with Gasteiger partial charge in [-0.05, 0) is 42.5 Å². The highest BCUT2D eigenvalue weighted by Crippen LogP contribution is 2.11. The maximum Gasteiger partial charge on any atom is 0.246 e. The molecule has 0 atom stereocenters. The molecule has 0 unspecified atom stereocenters. The Bertz CT molecular complexity index is 645. The van der Waals surface area contributed by atoms with Gasteiger partial charge in [-0.15, -0.1) is 10.2 Å². The van der Waals surface area contributed by atoms with Crippen LogP contribution >= 0.6 is 0 Å².